The fourth-order valence-electron chi connectivity index (χ4n) is 2.65. The highest BCUT2D eigenvalue weighted by atomic mass is 32.2. The summed E-state index contributed by atoms with van der Waals surface area (Å²) in [5, 5.41) is 2.73. The van der Waals surface area contributed by atoms with Gasteiger partial charge in [-0.25, -0.2) is 13.4 Å². The quantitative estimate of drug-likeness (QED) is 0.826. The lowest BCUT2D eigenvalue weighted by Gasteiger charge is -2.24. The number of amides is 1. The number of nitrogens with zero attached hydrogens (tertiary/aromatic N) is 2. The van der Waals surface area contributed by atoms with Crippen molar-refractivity contribution < 1.29 is 26.4 Å². The van der Waals surface area contributed by atoms with Crippen molar-refractivity contribution in [1.82, 2.24) is 9.29 Å². The second kappa shape index (κ2) is 7.21. The minimum atomic E-state index is -4.54. The molecular formula is C16H16F3N3O3S2. The number of sulfonamides is 1. The molecule has 1 aliphatic rings. The molecule has 0 radical (unpaired) electrons. The predicted octanol–water partition coefficient (Wildman–Crippen LogP) is 3.12. The van der Waals surface area contributed by atoms with Gasteiger partial charge in [-0.1, -0.05) is 6.07 Å². The fraction of sp³-hybridized carbons (Fsp3) is 0.375. The van der Waals surface area contributed by atoms with Gasteiger partial charge in [-0.3, -0.25) is 10.1 Å². The molecule has 2 aromatic rings. The summed E-state index contributed by atoms with van der Waals surface area (Å²) in [4.78, 5) is 17.3. The number of anilines is 1. The van der Waals surface area contributed by atoms with Crippen molar-refractivity contribution in [2.45, 2.75) is 26.1 Å². The average Bonchev–Trinajstić information content (AvgIpc) is 3.02. The molecule has 0 saturated heterocycles. The van der Waals surface area contributed by atoms with E-state index in [9.17, 15) is 26.4 Å². The van der Waals surface area contributed by atoms with Gasteiger partial charge in [-0.05, 0) is 25.1 Å². The zero-order valence-electron chi connectivity index (χ0n) is 14.2. The van der Waals surface area contributed by atoms with Crippen LogP contribution >= 0.6 is 11.3 Å². The van der Waals surface area contributed by atoms with Gasteiger partial charge in [0.2, 0.25) is 10.0 Å². The molecule has 0 aliphatic carbocycles. The van der Waals surface area contributed by atoms with E-state index >= 15 is 0 Å². The molecule has 2 heterocycles. The number of fused-ring (bicyclic) bond motifs is 1. The molecule has 3 rings (SSSR count). The summed E-state index contributed by atoms with van der Waals surface area (Å²) in [5.41, 5.74) is -0.343. The molecule has 1 aliphatic heterocycles. The Labute approximate surface area is 158 Å². The first-order valence-corrected chi connectivity index (χ1v) is 10.5. The van der Waals surface area contributed by atoms with Gasteiger partial charge in [0.05, 0.1) is 17.0 Å². The maximum Gasteiger partial charge on any atom is 0.416 e. The summed E-state index contributed by atoms with van der Waals surface area (Å²) in [6.07, 6.45) is -4.12. The third kappa shape index (κ3) is 4.30. The number of carbonyl (C=O) groups excluding carboxylic acids is 1. The second-order valence-corrected chi connectivity index (χ2v) is 9.25. The Morgan fingerprint density at radius 1 is 1.37 bits per heavy atom. The van der Waals surface area contributed by atoms with E-state index in [1.54, 1.807) is 6.92 Å². The average molecular weight is 419 g/mol. The Morgan fingerprint density at radius 3 is 2.78 bits per heavy atom. The first kappa shape index (κ1) is 19.8. The Morgan fingerprint density at radius 2 is 2.11 bits per heavy atom. The van der Waals surface area contributed by atoms with E-state index in [0.717, 1.165) is 34.4 Å². The molecule has 0 saturated carbocycles. The van der Waals surface area contributed by atoms with Crippen LogP contribution in [0.4, 0.5) is 18.3 Å². The van der Waals surface area contributed by atoms with E-state index in [1.807, 2.05) is 0 Å². The van der Waals surface area contributed by atoms with E-state index in [4.69, 9.17) is 0 Å². The Kier molecular flexibility index (Phi) is 5.28. The van der Waals surface area contributed by atoms with Gasteiger partial charge in [0.1, 0.15) is 0 Å². The zero-order valence-corrected chi connectivity index (χ0v) is 15.8. The first-order valence-electron chi connectivity index (χ1n) is 8.05. The molecule has 146 valence electrons. The van der Waals surface area contributed by atoms with Gasteiger partial charge in [-0.2, -0.15) is 17.5 Å². The normalized spacial score (nSPS) is 15.4. The third-order valence-electron chi connectivity index (χ3n) is 4.13. The SMILES string of the molecule is CCS(=O)(=O)N1CCc2nc(NC(=O)c3cccc(C(F)(F)F)c3)sc2C1. The van der Waals surface area contributed by atoms with Gasteiger partial charge in [0.15, 0.2) is 5.13 Å². The van der Waals surface area contributed by atoms with Crippen molar-refractivity contribution in [3.63, 3.8) is 0 Å². The van der Waals surface area contributed by atoms with Crippen molar-refractivity contribution in [2.24, 2.45) is 0 Å². The molecular weight excluding hydrogens is 403 g/mol. The highest BCUT2D eigenvalue weighted by Gasteiger charge is 2.31. The van der Waals surface area contributed by atoms with Crippen LogP contribution in [0.25, 0.3) is 0 Å². The lowest BCUT2D eigenvalue weighted by atomic mass is 10.1. The lowest BCUT2D eigenvalue weighted by molar-refractivity contribution is -0.137. The summed E-state index contributed by atoms with van der Waals surface area (Å²) in [7, 11) is -3.32. The van der Waals surface area contributed by atoms with Gasteiger partial charge < -0.3 is 0 Å². The molecule has 0 fully saturated rings. The van der Waals surface area contributed by atoms with E-state index in [-0.39, 0.29) is 23.0 Å². The van der Waals surface area contributed by atoms with Gasteiger partial charge in [0.25, 0.3) is 5.91 Å². The summed E-state index contributed by atoms with van der Waals surface area (Å²) >= 11 is 1.13. The number of nitrogens with one attached hydrogen (secondary N) is 1. The van der Waals surface area contributed by atoms with E-state index < -0.39 is 27.7 Å². The minimum absolute atomic E-state index is 0.000274. The number of hydrogen-bond donors (Lipinski definition) is 1. The van der Waals surface area contributed by atoms with Gasteiger partial charge in [-0.15, -0.1) is 11.3 Å². The van der Waals surface area contributed by atoms with Crippen molar-refractivity contribution in [3.05, 3.63) is 46.0 Å². The molecule has 1 aromatic carbocycles. The van der Waals surface area contributed by atoms with Gasteiger partial charge in [0, 0.05) is 30.0 Å². The van der Waals surface area contributed by atoms with Crippen LogP contribution in [0, 0.1) is 0 Å². The lowest BCUT2D eigenvalue weighted by Crippen LogP contribution is -2.36. The van der Waals surface area contributed by atoms with E-state index in [0.29, 0.717) is 18.7 Å². The Balaban J connectivity index is 1.76. The molecule has 6 nitrogen and oxygen atoms in total. The van der Waals surface area contributed by atoms with Crippen LogP contribution in [0.3, 0.4) is 0 Å². The number of thiazole rings is 1. The largest absolute Gasteiger partial charge is 0.416 e. The number of alkyl halides is 3. The second-order valence-electron chi connectivity index (χ2n) is 5.91. The minimum Gasteiger partial charge on any atom is -0.298 e. The Hall–Kier alpha value is -1.98. The molecule has 1 aromatic heterocycles. The summed E-state index contributed by atoms with van der Waals surface area (Å²) in [6.45, 7) is 2.06. The number of aromatic nitrogens is 1. The molecule has 0 spiro atoms. The third-order valence-corrected chi connectivity index (χ3v) is 6.95. The summed E-state index contributed by atoms with van der Waals surface area (Å²) in [5.74, 6) is -0.703. The molecule has 0 atom stereocenters. The highest BCUT2D eigenvalue weighted by Crippen LogP contribution is 2.31. The predicted molar refractivity (Wildman–Crippen MR) is 95.1 cm³/mol. The zero-order chi connectivity index (χ0) is 19.8. The van der Waals surface area contributed by atoms with Crippen LogP contribution < -0.4 is 5.32 Å². The van der Waals surface area contributed by atoms with Gasteiger partial charge >= 0.3 is 6.18 Å². The van der Waals surface area contributed by atoms with Crippen LogP contribution in [0.2, 0.25) is 0 Å². The Bertz CT molecular complexity index is 971. The standard InChI is InChI=1S/C16H16F3N3O3S2/c1-2-27(24,25)22-7-6-12-13(9-22)26-15(20-12)21-14(23)10-4-3-5-11(8-10)16(17,18)19/h3-5,8H,2,6-7,9H2,1H3,(H,20,21,23). The number of rotatable bonds is 4. The molecule has 1 N–H and O–H groups in total. The van der Waals surface area contributed by atoms with Crippen molar-refractivity contribution in [1.29, 1.82) is 0 Å². The number of halogens is 3. The van der Waals surface area contributed by atoms with Crippen molar-refractivity contribution in [2.75, 3.05) is 17.6 Å². The summed E-state index contributed by atoms with van der Waals surface area (Å²) < 4.78 is 63.7. The molecule has 0 bridgehead atoms. The first-order chi connectivity index (χ1) is 12.6. The highest BCUT2D eigenvalue weighted by molar-refractivity contribution is 7.89. The summed E-state index contributed by atoms with van der Waals surface area (Å²) in [6, 6.07) is 4.12. The number of hydrogen-bond acceptors (Lipinski definition) is 5. The van der Waals surface area contributed by atoms with Crippen molar-refractivity contribution >= 4 is 32.4 Å². The topological polar surface area (TPSA) is 79.4 Å². The van der Waals surface area contributed by atoms with Crippen molar-refractivity contribution in [3.8, 4) is 0 Å². The van der Waals surface area contributed by atoms with Crippen LogP contribution in [0.15, 0.2) is 24.3 Å². The number of carbonyl (C=O) groups is 1. The number of benzene rings is 1. The molecule has 11 heteroatoms. The van der Waals surface area contributed by atoms with Crippen LogP contribution in [-0.2, 0) is 29.2 Å². The molecule has 27 heavy (non-hydrogen) atoms. The monoisotopic (exact) mass is 419 g/mol. The molecule has 0 unspecified atom stereocenters. The van der Waals surface area contributed by atoms with Crippen LogP contribution in [0.1, 0.15) is 33.4 Å². The van der Waals surface area contributed by atoms with E-state index in [2.05, 4.69) is 10.3 Å². The smallest absolute Gasteiger partial charge is 0.298 e. The van der Waals surface area contributed by atoms with Crippen LogP contribution in [-0.4, -0.2) is 35.9 Å². The maximum absolute atomic E-state index is 12.8. The molecule has 1 amide bonds. The fourth-order valence-corrected chi connectivity index (χ4v) is 4.81. The maximum atomic E-state index is 12.8. The van der Waals surface area contributed by atoms with E-state index in [1.165, 1.54) is 10.4 Å². The van der Waals surface area contributed by atoms with Crippen LogP contribution in [0.5, 0.6) is 0 Å².